The van der Waals surface area contributed by atoms with Crippen LogP contribution in [0.1, 0.15) is 32.5 Å². The van der Waals surface area contributed by atoms with Gasteiger partial charge in [0.25, 0.3) is 0 Å². The van der Waals surface area contributed by atoms with Gasteiger partial charge in [-0.05, 0) is 44.8 Å². The molecule has 7 heteroatoms. The second-order valence-corrected chi connectivity index (χ2v) is 6.10. The van der Waals surface area contributed by atoms with Gasteiger partial charge in [0, 0.05) is 5.75 Å². The molecule has 0 aliphatic heterocycles. The third kappa shape index (κ3) is 6.35. The fourth-order valence-corrected chi connectivity index (χ4v) is 3.19. The average Bonchev–Trinajstić information content (AvgIpc) is 2.79. The third-order valence-electron chi connectivity index (χ3n) is 2.35. The number of hydrogen-bond acceptors (Lipinski definition) is 7. The van der Waals surface area contributed by atoms with Gasteiger partial charge in [-0.15, -0.1) is 0 Å². The number of ether oxygens (including phenoxy) is 1. The van der Waals surface area contributed by atoms with Crippen LogP contribution in [0.5, 0.6) is 0 Å². The van der Waals surface area contributed by atoms with Gasteiger partial charge < -0.3 is 10.1 Å². The molecule has 0 radical (unpaired) electrons. The van der Waals surface area contributed by atoms with Crippen LogP contribution in [0.15, 0.2) is 4.34 Å². The quantitative estimate of drug-likeness (QED) is 0.557. The number of esters is 1. The second-order valence-electron chi connectivity index (χ2n) is 4.00. The van der Waals surface area contributed by atoms with Crippen LogP contribution >= 0.6 is 23.3 Å². The van der Waals surface area contributed by atoms with Gasteiger partial charge in [-0.2, -0.15) is 4.37 Å². The predicted molar refractivity (Wildman–Crippen MR) is 78.7 cm³/mol. The van der Waals surface area contributed by atoms with Crippen LogP contribution in [-0.2, 0) is 9.53 Å². The van der Waals surface area contributed by atoms with E-state index in [1.807, 2.05) is 13.8 Å². The Morgan fingerprint density at radius 3 is 2.89 bits per heavy atom. The summed E-state index contributed by atoms with van der Waals surface area (Å²) < 4.78 is 10.2. The minimum Gasteiger partial charge on any atom is -0.465 e. The van der Waals surface area contributed by atoms with Crippen molar-refractivity contribution >= 4 is 29.3 Å². The summed E-state index contributed by atoms with van der Waals surface area (Å²) in [5, 5.41) is 3.22. The lowest BCUT2D eigenvalue weighted by Gasteiger charge is -2.16. The first kappa shape index (κ1) is 16.4. The lowest BCUT2D eigenvalue weighted by Crippen LogP contribution is -2.39. The average molecular weight is 303 g/mol. The van der Waals surface area contributed by atoms with Crippen molar-refractivity contribution < 1.29 is 9.53 Å². The molecule has 0 spiro atoms. The van der Waals surface area contributed by atoms with E-state index in [0.29, 0.717) is 6.61 Å². The lowest BCUT2D eigenvalue weighted by atomic mass is 10.2. The van der Waals surface area contributed by atoms with Gasteiger partial charge in [0.2, 0.25) is 0 Å². The molecule has 108 valence electrons. The Kier molecular flexibility index (Phi) is 8.00. The standard InChI is InChI=1S/C12H21N3O2S2/c1-4-7-13-10(11(16)17-5-2)6-8-18-12-14-9(3)15-19-12/h10,13H,4-8H2,1-3H3. The summed E-state index contributed by atoms with van der Waals surface area (Å²) in [5.74, 6) is 1.47. The van der Waals surface area contributed by atoms with Crippen molar-refractivity contribution in [1.82, 2.24) is 14.7 Å². The Balaban J connectivity index is 2.36. The molecule has 0 bridgehead atoms. The molecule has 1 aromatic rings. The number of carbonyl (C=O) groups excluding carboxylic acids is 1. The molecule has 0 aliphatic carbocycles. The van der Waals surface area contributed by atoms with Crippen LogP contribution in [0, 0.1) is 6.92 Å². The zero-order valence-corrected chi connectivity index (χ0v) is 13.3. The van der Waals surface area contributed by atoms with Crippen molar-refractivity contribution in [2.45, 2.75) is 44.0 Å². The van der Waals surface area contributed by atoms with Gasteiger partial charge in [0.1, 0.15) is 11.9 Å². The van der Waals surface area contributed by atoms with E-state index in [0.717, 1.165) is 35.3 Å². The van der Waals surface area contributed by atoms with Gasteiger partial charge in [0.15, 0.2) is 4.34 Å². The summed E-state index contributed by atoms with van der Waals surface area (Å²) in [6, 6.07) is -0.221. The molecule has 1 rings (SSSR count). The molecule has 1 aromatic heterocycles. The molecule has 1 unspecified atom stereocenters. The number of thioether (sulfide) groups is 1. The highest BCUT2D eigenvalue weighted by Gasteiger charge is 2.18. The molecule has 1 N–H and O–H groups in total. The fourth-order valence-electron chi connectivity index (χ4n) is 1.47. The van der Waals surface area contributed by atoms with Gasteiger partial charge in [0.05, 0.1) is 6.61 Å². The Bertz CT molecular complexity index is 385. The monoisotopic (exact) mass is 303 g/mol. The van der Waals surface area contributed by atoms with Crippen molar-refractivity contribution in [3.63, 3.8) is 0 Å². The normalized spacial score (nSPS) is 12.4. The van der Waals surface area contributed by atoms with E-state index in [9.17, 15) is 4.79 Å². The number of carbonyl (C=O) groups is 1. The van der Waals surface area contributed by atoms with Gasteiger partial charge >= 0.3 is 5.97 Å². The van der Waals surface area contributed by atoms with Crippen LogP contribution in [0.4, 0.5) is 0 Å². The Labute approximate surface area is 122 Å². The zero-order valence-electron chi connectivity index (χ0n) is 11.6. The summed E-state index contributed by atoms with van der Waals surface area (Å²) in [4.78, 5) is 16.1. The molecule has 5 nitrogen and oxygen atoms in total. The Hall–Kier alpha value is -0.660. The number of nitrogens with one attached hydrogen (secondary N) is 1. The molecule has 0 fully saturated rings. The minimum atomic E-state index is -0.221. The molecular weight excluding hydrogens is 282 g/mol. The van der Waals surface area contributed by atoms with Crippen molar-refractivity contribution in [1.29, 1.82) is 0 Å². The topological polar surface area (TPSA) is 64.1 Å². The van der Waals surface area contributed by atoms with Crippen LogP contribution in [0.3, 0.4) is 0 Å². The lowest BCUT2D eigenvalue weighted by molar-refractivity contribution is -0.145. The summed E-state index contributed by atoms with van der Waals surface area (Å²) in [6.45, 7) is 7.03. The van der Waals surface area contributed by atoms with Crippen LogP contribution < -0.4 is 5.32 Å². The molecule has 0 amide bonds. The van der Waals surface area contributed by atoms with Crippen molar-refractivity contribution in [3.8, 4) is 0 Å². The number of hydrogen-bond donors (Lipinski definition) is 1. The molecule has 0 aromatic carbocycles. The van der Waals surface area contributed by atoms with Crippen LogP contribution in [0.2, 0.25) is 0 Å². The first-order chi connectivity index (χ1) is 9.17. The number of nitrogens with zero attached hydrogens (tertiary/aromatic N) is 2. The first-order valence-electron chi connectivity index (χ1n) is 6.50. The maximum Gasteiger partial charge on any atom is 0.323 e. The SMILES string of the molecule is CCCNC(CCSc1nc(C)ns1)C(=O)OCC. The smallest absolute Gasteiger partial charge is 0.323 e. The van der Waals surface area contributed by atoms with Crippen molar-refractivity contribution in [2.75, 3.05) is 18.9 Å². The van der Waals surface area contributed by atoms with Crippen LogP contribution in [-0.4, -0.2) is 40.3 Å². The molecule has 1 heterocycles. The van der Waals surface area contributed by atoms with Crippen molar-refractivity contribution in [2.24, 2.45) is 0 Å². The number of aromatic nitrogens is 2. The summed E-state index contributed by atoms with van der Waals surface area (Å²) in [6.07, 6.45) is 1.74. The summed E-state index contributed by atoms with van der Waals surface area (Å²) >= 11 is 3.04. The zero-order chi connectivity index (χ0) is 14.1. The van der Waals surface area contributed by atoms with Gasteiger partial charge in [-0.3, -0.25) is 4.79 Å². The van der Waals surface area contributed by atoms with E-state index in [4.69, 9.17) is 4.74 Å². The van der Waals surface area contributed by atoms with Gasteiger partial charge in [-0.25, -0.2) is 4.98 Å². The van der Waals surface area contributed by atoms with E-state index in [1.165, 1.54) is 11.5 Å². The highest BCUT2D eigenvalue weighted by molar-refractivity contribution is 8.00. The Morgan fingerprint density at radius 1 is 1.53 bits per heavy atom. The molecule has 1 atom stereocenters. The van der Waals surface area contributed by atoms with E-state index in [-0.39, 0.29) is 12.0 Å². The molecular formula is C12H21N3O2S2. The largest absolute Gasteiger partial charge is 0.465 e. The third-order valence-corrected chi connectivity index (χ3v) is 4.31. The number of rotatable bonds is 9. The Morgan fingerprint density at radius 2 is 2.32 bits per heavy atom. The minimum absolute atomic E-state index is 0.162. The van der Waals surface area contributed by atoms with E-state index in [1.54, 1.807) is 11.8 Å². The number of aryl methyl sites for hydroxylation is 1. The first-order valence-corrected chi connectivity index (χ1v) is 8.26. The van der Waals surface area contributed by atoms with Crippen molar-refractivity contribution in [3.05, 3.63) is 5.82 Å². The second kappa shape index (κ2) is 9.28. The van der Waals surface area contributed by atoms with E-state index in [2.05, 4.69) is 21.6 Å². The molecule has 0 saturated heterocycles. The molecule has 0 aliphatic rings. The van der Waals surface area contributed by atoms with Crippen LogP contribution in [0.25, 0.3) is 0 Å². The highest BCUT2D eigenvalue weighted by Crippen LogP contribution is 2.21. The van der Waals surface area contributed by atoms with Gasteiger partial charge in [-0.1, -0.05) is 18.7 Å². The highest BCUT2D eigenvalue weighted by atomic mass is 32.2. The summed E-state index contributed by atoms with van der Waals surface area (Å²) in [5.41, 5.74) is 0. The molecule has 0 saturated carbocycles. The maximum absolute atomic E-state index is 11.8. The summed E-state index contributed by atoms with van der Waals surface area (Å²) in [7, 11) is 0. The maximum atomic E-state index is 11.8. The van der Waals surface area contributed by atoms with E-state index < -0.39 is 0 Å². The van der Waals surface area contributed by atoms with E-state index >= 15 is 0 Å². The molecule has 19 heavy (non-hydrogen) atoms. The predicted octanol–water partition coefficient (Wildman–Crippen LogP) is 2.26. The fraction of sp³-hybridized carbons (Fsp3) is 0.750.